The number of ether oxygens (including phenoxy) is 1. The minimum atomic E-state index is -4.25. The van der Waals surface area contributed by atoms with Crippen LogP contribution < -0.4 is 16.2 Å². The van der Waals surface area contributed by atoms with Gasteiger partial charge in [-0.1, -0.05) is 6.92 Å². The largest absolute Gasteiger partial charge is 0.497 e. The van der Waals surface area contributed by atoms with Gasteiger partial charge in [0.15, 0.2) is 0 Å². The number of methoxy groups -OCH3 is 1. The summed E-state index contributed by atoms with van der Waals surface area (Å²) in [5.74, 6) is -0.537. The Morgan fingerprint density at radius 3 is 2.33 bits per heavy atom. The molecule has 0 amide bonds. The van der Waals surface area contributed by atoms with Crippen LogP contribution in [0.2, 0.25) is 0 Å². The first kappa shape index (κ1) is 15.1. The maximum atomic E-state index is 12.3. The van der Waals surface area contributed by atoms with Crippen LogP contribution in [0.15, 0.2) is 43.3 Å². The van der Waals surface area contributed by atoms with E-state index in [1.165, 1.54) is 31.4 Å². The van der Waals surface area contributed by atoms with E-state index >= 15 is 0 Å². The van der Waals surface area contributed by atoms with Crippen LogP contribution >= 0.6 is 0 Å². The number of hydrogen-bond donors (Lipinski definition) is 0. The first-order valence-corrected chi connectivity index (χ1v) is 7.58. The molecule has 0 aliphatic heterocycles. The van der Waals surface area contributed by atoms with Crippen molar-refractivity contribution >= 4 is 10.0 Å². The number of nitrogens with zero attached hydrogens (tertiary/aromatic N) is 2. The molecule has 0 bridgehead atoms. The number of aromatic nitrogens is 2. The first-order chi connectivity index (χ1) is 9.91. The zero-order chi connectivity index (χ0) is 15.6. The molecule has 0 unspecified atom stereocenters. The third-order valence-corrected chi connectivity index (χ3v) is 4.33. The fraction of sp³-hybridized carbons (Fsp3) is 0.333. The van der Waals surface area contributed by atoms with E-state index in [4.69, 9.17) is 4.74 Å². The summed E-state index contributed by atoms with van der Waals surface area (Å²) in [7, 11) is -2.81. The van der Waals surface area contributed by atoms with Gasteiger partial charge in [-0.2, -0.15) is 8.42 Å². The van der Waals surface area contributed by atoms with Crippen molar-refractivity contribution in [2.45, 2.75) is 24.8 Å². The van der Waals surface area contributed by atoms with Gasteiger partial charge in [0, 0.05) is 6.54 Å². The molecule has 1 heterocycles. The van der Waals surface area contributed by atoms with Gasteiger partial charge in [0.05, 0.1) is 12.0 Å². The van der Waals surface area contributed by atoms with Gasteiger partial charge in [0.25, 0.3) is 10.0 Å². The van der Waals surface area contributed by atoms with Crippen LogP contribution in [-0.2, 0) is 16.6 Å². The van der Waals surface area contributed by atoms with Crippen molar-refractivity contribution in [3.63, 3.8) is 0 Å². The van der Waals surface area contributed by atoms with Gasteiger partial charge < -0.3 is 9.26 Å². The second-order valence-electron chi connectivity index (χ2n) is 4.20. The molecule has 114 valence electrons. The third kappa shape index (κ3) is 2.64. The lowest BCUT2D eigenvalue weighted by Crippen LogP contribution is -2.31. The van der Waals surface area contributed by atoms with E-state index in [1.807, 2.05) is 0 Å². The molecule has 1 aromatic carbocycles. The Hall–Kier alpha value is -2.29. The van der Waals surface area contributed by atoms with Crippen molar-refractivity contribution in [1.29, 1.82) is 0 Å². The summed E-state index contributed by atoms with van der Waals surface area (Å²) in [6.07, 6.45) is 0.497. The summed E-state index contributed by atoms with van der Waals surface area (Å²) in [5, 5.41) is 0. The molecule has 0 N–H and O–H groups in total. The molecule has 9 heteroatoms. The van der Waals surface area contributed by atoms with Gasteiger partial charge >= 0.3 is 11.4 Å². The summed E-state index contributed by atoms with van der Waals surface area (Å²) in [5.41, 5.74) is -1.02. The quantitative estimate of drug-likeness (QED) is 0.784. The van der Waals surface area contributed by atoms with E-state index in [-0.39, 0.29) is 15.6 Å². The highest BCUT2D eigenvalue weighted by atomic mass is 32.2. The summed E-state index contributed by atoms with van der Waals surface area (Å²) in [6.45, 7) is 1.84. The molecular formula is C12H14N2O6S. The van der Waals surface area contributed by atoms with E-state index in [0.29, 0.717) is 12.2 Å². The Morgan fingerprint density at radius 1 is 1.19 bits per heavy atom. The molecule has 2 aromatic rings. The molecule has 2 rings (SSSR count). The fourth-order valence-corrected chi connectivity index (χ4v) is 2.88. The van der Waals surface area contributed by atoms with Crippen molar-refractivity contribution < 1.29 is 17.7 Å². The van der Waals surface area contributed by atoms with Crippen LogP contribution in [-0.4, -0.2) is 24.2 Å². The maximum Gasteiger partial charge on any atom is 0.443 e. The first-order valence-electron chi connectivity index (χ1n) is 6.14. The van der Waals surface area contributed by atoms with Gasteiger partial charge in [-0.05, 0) is 34.8 Å². The van der Waals surface area contributed by atoms with E-state index in [0.717, 1.165) is 4.57 Å². The SMILES string of the molecule is CCCn1c(=O)on(S(=O)(=O)c2ccc(OC)cc2)c1=O. The molecule has 0 atom stereocenters. The van der Waals surface area contributed by atoms with Gasteiger partial charge in [0.2, 0.25) is 0 Å². The monoisotopic (exact) mass is 314 g/mol. The average molecular weight is 314 g/mol. The lowest BCUT2D eigenvalue weighted by Gasteiger charge is -2.03. The molecule has 1 aromatic heterocycles. The molecule has 0 saturated carbocycles. The van der Waals surface area contributed by atoms with Crippen molar-refractivity contribution in [2.75, 3.05) is 7.11 Å². The Labute approximate surface area is 120 Å². The normalized spacial score (nSPS) is 11.5. The van der Waals surface area contributed by atoms with E-state index in [1.54, 1.807) is 6.92 Å². The van der Waals surface area contributed by atoms with Crippen molar-refractivity contribution in [2.24, 2.45) is 0 Å². The van der Waals surface area contributed by atoms with Crippen LogP contribution in [0.1, 0.15) is 13.3 Å². The van der Waals surface area contributed by atoms with Crippen molar-refractivity contribution in [1.82, 2.24) is 8.71 Å². The summed E-state index contributed by atoms with van der Waals surface area (Å²) in [6, 6.07) is 5.38. The van der Waals surface area contributed by atoms with E-state index in [9.17, 15) is 18.0 Å². The standard InChI is InChI=1S/C12H14N2O6S/c1-3-8-13-11(15)14(20-12(13)16)21(17,18)10-6-4-9(19-2)5-7-10/h4-7H,3,8H2,1-2H3. The number of rotatable bonds is 5. The third-order valence-electron chi connectivity index (χ3n) is 2.79. The second-order valence-corrected chi connectivity index (χ2v) is 5.95. The molecule has 0 aliphatic carbocycles. The van der Waals surface area contributed by atoms with Gasteiger partial charge in [0.1, 0.15) is 5.75 Å². The van der Waals surface area contributed by atoms with Crippen LogP contribution in [0.4, 0.5) is 0 Å². The maximum absolute atomic E-state index is 12.3. The number of hydrogen-bond acceptors (Lipinski definition) is 6. The number of benzene rings is 1. The minimum absolute atomic E-state index is 0.0896. The Balaban J connectivity index is 2.56. The Bertz CT molecular complexity index is 841. The van der Waals surface area contributed by atoms with Gasteiger partial charge in [-0.15, -0.1) is 0 Å². The highest BCUT2D eigenvalue weighted by molar-refractivity contribution is 7.89. The molecule has 0 spiro atoms. The van der Waals surface area contributed by atoms with Crippen molar-refractivity contribution in [3.05, 3.63) is 45.3 Å². The molecule has 0 aliphatic rings. The molecule has 0 fully saturated rings. The Morgan fingerprint density at radius 2 is 1.81 bits per heavy atom. The predicted octanol–water partition coefficient (Wildman–Crippen LogP) is 0.259. The molecule has 8 nitrogen and oxygen atoms in total. The topological polar surface area (TPSA) is 101 Å². The molecular weight excluding hydrogens is 300 g/mol. The minimum Gasteiger partial charge on any atom is -0.497 e. The average Bonchev–Trinajstić information content (AvgIpc) is 2.76. The summed E-state index contributed by atoms with van der Waals surface area (Å²) >= 11 is 0. The molecule has 0 radical (unpaired) electrons. The second kappa shape index (κ2) is 5.60. The van der Waals surface area contributed by atoms with Crippen molar-refractivity contribution in [3.8, 4) is 5.75 Å². The van der Waals surface area contributed by atoms with Crippen LogP contribution in [0.3, 0.4) is 0 Å². The fourth-order valence-electron chi connectivity index (χ4n) is 1.74. The summed E-state index contributed by atoms with van der Waals surface area (Å²) < 4.78 is 34.9. The van der Waals surface area contributed by atoms with E-state index < -0.39 is 21.5 Å². The lowest BCUT2D eigenvalue weighted by atomic mass is 10.3. The zero-order valence-corrected chi connectivity index (χ0v) is 12.3. The highest BCUT2D eigenvalue weighted by Gasteiger charge is 2.25. The molecule has 0 saturated heterocycles. The van der Waals surface area contributed by atoms with Crippen LogP contribution in [0.25, 0.3) is 0 Å². The predicted molar refractivity (Wildman–Crippen MR) is 73.1 cm³/mol. The van der Waals surface area contributed by atoms with Crippen LogP contribution in [0.5, 0.6) is 5.75 Å². The van der Waals surface area contributed by atoms with Gasteiger partial charge in [-0.3, -0.25) is 0 Å². The lowest BCUT2D eigenvalue weighted by molar-refractivity contribution is 0.330. The summed E-state index contributed by atoms with van der Waals surface area (Å²) in [4.78, 5) is 23.3. The van der Waals surface area contributed by atoms with Gasteiger partial charge in [-0.25, -0.2) is 14.2 Å². The zero-order valence-electron chi connectivity index (χ0n) is 11.5. The van der Waals surface area contributed by atoms with Crippen LogP contribution in [0, 0.1) is 0 Å². The molecule has 21 heavy (non-hydrogen) atoms. The highest BCUT2D eigenvalue weighted by Crippen LogP contribution is 2.16. The smallest absolute Gasteiger partial charge is 0.443 e. The van der Waals surface area contributed by atoms with E-state index in [2.05, 4.69) is 4.52 Å². The Kier molecular flexibility index (Phi) is 4.03.